The van der Waals surface area contributed by atoms with Gasteiger partial charge in [-0.15, -0.1) is 0 Å². The second kappa shape index (κ2) is 8.15. The Bertz CT molecular complexity index is 801. The smallest absolute Gasteiger partial charge is 0.166 e. The van der Waals surface area contributed by atoms with Gasteiger partial charge in [0.05, 0.1) is 12.9 Å². The molecule has 0 amide bonds. The molecule has 0 spiro atoms. The van der Waals surface area contributed by atoms with Crippen LogP contribution in [0.3, 0.4) is 0 Å². The van der Waals surface area contributed by atoms with E-state index in [1.165, 1.54) is 0 Å². The highest BCUT2D eigenvalue weighted by Gasteiger charge is 2.30. The fraction of sp³-hybridized carbons (Fsp3) is 0.278. The molecule has 0 saturated carbocycles. The number of alkyl halides is 1. The molecule has 1 atom stereocenters. The van der Waals surface area contributed by atoms with Crippen LogP contribution in [0.5, 0.6) is 0 Å². The van der Waals surface area contributed by atoms with E-state index in [4.69, 9.17) is 51.1 Å². The predicted molar refractivity (Wildman–Crippen MR) is 103 cm³/mol. The van der Waals surface area contributed by atoms with Crippen molar-refractivity contribution >= 4 is 46.4 Å². The molecule has 2 aromatic rings. The van der Waals surface area contributed by atoms with Gasteiger partial charge in [0.15, 0.2) is 5.06 Å². The SMILES string of the molecule is ClC1=C(CCn2ccnc2)C=CC(Cl)(OCc2ccc(Cl)cc2Cl)C1. The Balaban J connectivity index is 1.59. The summed E-state index contributed by atoms with van der Waals surface area (Å²) in [4.78, 5) is 4.03. The monoisotopic (exact) mass is 416 g/mol. The minimum absolute atomic E-state index is 0.276. The van der Waals surface area contributed by atoms with Gasteiger partial charge in [-0.2, -0.15) is 0 Å². The second-order valence-corrected chi connectivity index (χ2v) is 7.74. The van der Waals surface area contributed by atoms with Crippen molar-refractivity contribution in [1.82, 2.24) is 9.55 Å². The molecule has 0 bridgehead atoms. The molecule has 1 aromatic carbocycles. The first-order valence-corrected chi connectivity index (χ1v) is 9.26. The van der Waals surface area contributed by atoms with Gasteiger partial charge in [-0.3, -0.25) is 0 Å². The summed E-state index contributed by atoms with van der Waals surface area (Å²) in [5, 5.41) is 0.869. The van der Waals surface area contributed by atoms with Gasteiger partial charge in [0.25, 0.3) is 0 Å². The minimum atomic E-state index is -0.974. The molecule has 1 aliphatic rings. The molecule has 0 fully saturated rings. The molecule has 0 aliphatic heterocycles. The molecular weight excluding hydrogens is 402 g/mol. The average molecular weight is 418 g/mol. The van der Waals surface area contributed by atoms with Gasteiger partial charge < -0.3 is 9.30 Å². The lowest BCUT2D eigenvalue weighted by molar-refractivity contribution is 0.0409. The van der Waals surface area contributed by atoms with Crippen molar-refractivity contribution in [3.05, 3.63) is 75.3 Å². The van der Waals surface area contributed by atoms with Crippen molar-refractivity contribution in [1.29, 1.82) is 0 Å². The molecule has 1 aromatic heterocycles. The number of hydrogen-bond donors (Lipinski definition) is 0. The standard InChI is InChI=1S/C18H16Cl4N2O/c19-15-2-1-14(16(20)9-15)11-25-18(22)5-3-13(17(21)10-18)4-7-24-8-6-23-12-24/h1-3,5-6,8-9,12H,4,7,10-11H2. The average Bonchev–Trinajstić information content (AvgIpc) is 3.07. The first kappa shape index (κ1) is 18.8. The third-order valence-electron chi connectivity index (χ3n) is 3.96. The topological polar surface area (TPSA) is 27.1 Å². The van der Waals surface area contributed by atoms with E-state index in [1.807, 2.05) is 29.0 Å². The van der Waals surface area contributed by atoms with E-state index in [-0.39, 0.29) is 6.61 Å². The first-order chi connectivity index (χ1) is 12.0. The largest absolute Gasteiger partial charge is 0.351 e. The number of halogens is 4. The van der Waals surface area contributed by atoms with Crippen molar-refractivity contribution < 1.29 is 4.74 Å². The molecular formula is C18H16Cl4N2O. The maximum Gasteiger partial charge on any atom is 0.166 e. The number of benzene rings is 1. The Labute approximate surface area is 166 Å². The molecule has 0 saturated heterocycles. The summed E-state index contributed by atoms with van der Waals surface area (Å²) in [6, 6.07) is 5.27. The van der Waals surface area contributed by atoms with Crippen LogP contribution in [0.2, 0.25) is 10.0 Å². The summed E-state index contributed by atoms with van der Waals surface area (Å²) >= 11 is 25.1. The van der Waals surface area contributed by atoms with E-state index in [9.17, 15) is 0 Å². The Morgan fingerprint density at radius 2 is 2.08 bits per heavy atom. The fourth-order valence-corrected chi connectivity index (χ4v) is 3.66. The Hall–Kier alpha value is -0.970. The normalized spacial score (nSPS) is 20.3. The number of imidazole rings is 1. The highest BCUT2D eigenvalue weighted by Crippen LogP contribution is 2.37. The summed E-state index contributed by atoms with van der Waals surface area (Å²) in [5.74, 6) is 0. The van der Waals surface area contributed by atoms with Gasteiger partial charge in [-0.1, -0.05) is 58.5 Å². The molecule has 1 aliphatic carbocycles. The summed E-state index contributed by atoms with van der Waals surface area (Å²) in [7, 11) is 0. The third-order valence-corrected chi connectivity index (χ3v) is 5.29. The van der Waals surface area contributed by atoms with E-state index in [0.29, 0.717) is 21.5 Å². The zero-order chi connectivity index (χ0) is 17.9. The lowest BCUT2D eigenvalue weighted by Gasteiger charge is -2.28. The molecule has 25 heavy (non-hydrogen) atoms. The zero-order valence-corrected chi connectivity index (χ0v) is 16.3. The Morgan fingerprint density at radius 3 is 2.76 bits per heavy atom. The highest BCUT2D eigenvalue weighted by molar-refractivity contribution is 6.35. The van der Waals surface area contributed by atoms with Crippen molar-refractivity contribution in [2.45, 2.75) is 31.1 Å². The summed E-state index contributed by atoms with van der Waals surface area (Å²) in [6.07, 6.45) is 10.5. The third kappa shape index (κ3) is 5.02. The molecule has 3 nitrogen and oxygen atoms in total. The van der Waals surface area contributed by atoms with Crippen LogP contribution in [-0.4, -0.2) is 14.6 Å². The maximum absolute atomic E-state index is 6.56. The molecule has 1 heterocycles. The quantitative estimate of drug-likeness (QED) is 0.524. The van der Waals surface area contributed by atoms with Crippen LogP contribution >= 0.6 is 46.4 Å². The van der Waals surface area contributed by atoms with Gasteiger partial charge >= 0.3 is 0 Å². The van der Waals surface area contributed by atoms with Gasteiger partial charge in [0.1, 0.15) is 0 Å². The molecule has 1 unspecified atom stereocenters. The van der Waals surface area contributed by atoms with Crippen molar-refractivity contribution in [2.75, 3.05) is 0 Å². The second-order valence-electron chi connectivity index (χ2n) is 5.80. The Morgan fingerprint density at radius 1 is 1.24 bits per heavy atom. The molecule has 132 valence electrons. The van der Waals surface area contributed by atoms with E-state index in [2.05, 4.69) is 4.98 Å². The Kier molecular flexibility index (Phi) is 6.13. The van der Waals surface area contributed by atoms with Crippen LogP contribution in [0, 0.1) is 0 Å². The van der Waals surface area contributed by atoms with E-state index >= 15 is 0 Å². The van der Waals surface area contributed by atoms with Crippen LogP contribution in [0.1, 0.15) is 18.4 Å². The lowest BCUT2D eigenvalue weighted by atomic mass is 10.0. The summed E-state index contributed by atoms with van der Waals surface area (Å²) in [5.41, 5.74) is 1.88. The minimum Gasteiger partial charge on any atom is -0.351 e. The van der Waals surface area contributed by atoms with Crippen molar-refractivity contribution in [2.24, 2.45) is 0 Å². The summed E-state index contributed by atoms with van der Waals surface area (Å²) in [6.45, 7) is 1.09. The van der Waals surface area contributed by atoms with Crippen LogP contribution in [0.25, 0.3) is 0 Å². The zero-order valence-electron chi connectivity index (χ0n) is 13.3. The van der Waals surface area contributed by atoms with E-state index in [0.717, 1.165) is 24.1 Å². The molecule has 3 rings (SSSR count). The molecule has 0 N–H and O–H groups in total. The van der Waals surface area contributed by atoms with E-state index in [1.54, 1.807) is 24.7 Å². The number of nitrogens with zero attached hydrogens (tertiary/aromatic N) is 2. The number of rotatable bonds is 6. The first-order valence-electron chi connectivity index (χ1n) is 7.74. The summed E-state index contributed by atoms with van der Waals surface area (Å²) < 4.78 is 7.87. The van der Waals surface area contributed by atoms with Crippen LogP contribution in [0.4, 0.5) is 0 Å². The number of aryl methyl sites for hydroxylation is 1. The van der Waals surface area contributed by atoms with Gasteiger partial charge in [0.2, 0.25) is 0 Å². The fourth-order valence-electron chi connectivity index (χ4n) is 2.52. The maximum atomic E-state index is 6.56. The van der Waals surface area contributed by atoms with Gasteiger partial charge in [-0.05, 0) is 35.8 Å². The van der Waals surface area contributed by atoms with Crippen LogP contribution in [0.15, 0.2) is 59.7 Å². The van der Waals surface area contributed by atoms with Crippen LogP contribution < -0.4 is 0 Å². The molecule has 0 radical (unpaired) electrons. The number of aromatic nitrogens is 2. The lowest BCUT2D eigenvalue weighted by Crippen LogP contribution is -2.25. The van der Waals surface area contributed by atoms with Crippen molar-refractivity contribution in [3.63, 3.8) is 0 Å². The highest BCUT2D eigenvalue weighted by atomic mass is 35.5. The van der Waals surface area contributed by atoms with E-state index < -0.39 is 5.06 Å². The number of allylic oxidation sites excluding steroid dienone is 2. The molecule has 7 heteroatoms. The number of ether oxygens (including phenoxy) is 1. The van der Waals surface area contributed by atoms with Gasteiger partial charge in [-0.25, -0.2) is 4.98 Å². The van der Waals surface area contributed by atoms with Gasteiger partial charge in [0, 0.05) is 40.4 Å². The predicted octanol–water partition coefficient (Wildman–Crippen LogP) is 6.18. The van der Waals surface area contributed by atoms with Crippen molar-refractivity contribution in [3.8, 4) is 0 Å². The van der Waals surface area contributed by atoms with Crippen LogP contribution in [-0.2, 0) is 17.9 Å². The number of hydrogen-bond acceptors (Lipinski definition) is 2.